The first kappa shape index (κ1) is 13.1. The van der Waals surface area contributed by atoms with E-state index in [1.54, 1.807) is 14.0 Å². The number of rotatable bonds is 5. The number of ether oxygens (including phenoxy) is 1. The summed E-state index contributed by atoms with van der Waals surface area (Å²) >= 11 is 0. The first-order valence-corrected chi connectivity index (χ1v) is 5.45. The highest BCUT2D eigenvalue weighted by Gasteiger charge is 1.99. The average molecular weight is 234 g/mol. The number of carbonyl (C=O) groups excluding carboxylic acids is 1. The van der Waals surface area contributed by atoms with Crippen LogP contribution in [0.3, 0.4) is 0 Å². The van der Waals surface area contributed by atoms with Crippen molar-refractivity contribution in [3.05, 3.63) is 42.1 Å². The van der Waals surface area contributed by atoms with E-state index in [9.17, 15) is 4.79 Å². The largest absolute Gasteiger partial charge is 0.497 e. The fourth-order valence-corrected chi connectivity index (χ4v) is 1.35. The lowest BCUT2D eigenvalue weighted by Gasteiger charge is -2.07. The zero-order valence-corrected chi connectivity index (χ0v) is 10.2. The summed E-state index contributed by atoms with van der Waals surface area (Å²) < 4.78 is 5.07. The normalized spacial score (nSPS) is 9.53. The summed E-state index contributed by atoms with van der Waals surface area (Å²) in [6.45, 7) is 5.92. The van der Waals surface area contributed by atoms with E-state index in [1.165, 1.54) is 0 Å². The lowest BCUT2D eigenvalue weighted by molar-refractivity contribution is 0.243. The molecule has 0 heterocycles. The molecule has 0 aromatic heterocycles. The Hall–Kier alpha value is -1.97. The minimum absolute atomic E-state index is 0.217. The Morgan fingerprint density at radius 2 is 2.00 bits per heavy atom. The predicted octanol–water partition coefficient (Wildman–Crippen LogP) is 2.07. The van der Waals surface area contributed by atoms with E-state index in [0.29, 0.717) is 12.2 Å². The standard InChI is InChI=1S/C13H18N2O2/c1-10(2)15-13(16)14-9-8-11-4-6-12(17-3)7-5-11/h4-7H,1,8-9H2,2-3H3,(H2,14,15,16). The fourth-order valence-electron chi connectivity index (χ4n) is 1.35. The summed E-state index contributed by atoms with van der Waals surface area (Å²) in [5.41, 5.74) is 1.79. The number of hydrogen-bond donors (Lipinski definition) is 2. The average Bonchev–Trinajstić information content (AvgIpc) is 2.29. The molecule has 4 heteroatoms. The Morgan fingerprint density at radius 1 is 1.35 bits per heavy atom. The van der Waals surface area contributed by atoms with Gasteiger partial charge < -0.3 is 15.4 Å². The fraction of sp³-hybridized carbons (Fsp3) is 0.308. The number of nitrogens with one attached hydrogen (secondary N) is 2. The monoisotopic (exact) mass is 234 g/mol. The molecular weight excluding hydrogens is 216 g/mol. The highest BCUT2D eigenvalue weighted by atomic mass is 16.5. The molecule has 0 aliphatic rings. The van der Waals surface area contributed by atoms with Crippen LogP contribution in [0.25, 0.3) is 0 Å². The van der Waals surface area contributed by atoms with E-state index >= 15 is 0 Å². The quantitative estimate of drug-likeness (QED) is 0.819. The van der Waals surface area contributed by atoms with Crippen molar-refractivity contribution in [3.63, 3.8) is 0 Å². The van der Waals surface area contributed by atoms with Gasteiger partial charge in [-0.1, -0.05) is 18.7 Å². The van der Waals surface area contributed by atoms with Gasteiger partial charge in [0.15, 0.2) is 0 Å². The van der Waals surface area contributed by atoms with E-state index in [4.69, 9.17) is 4.74 Å². The second-order valence-corrected chi connectivity index (χ2v) is 3.76. The molecule has 0 aliphatic heterocycles. The van der Waals surface area contributed by atoms with Crippen molar-refractivity contribution in [2.45, 2.75) is 13.3 Å². The van der Waals surface area contributed by atoms with Gasteiger partial charge in [-0.25, -0.2) is 4.79 Å². The van der Waals surface area contributed by atoms with Crippen LogP contribution in [0, 0.1) is 0 Å². The van der Waals surface area contributed by atoms with Crippen molar-refractivity contribution in [2.75, 3.05) is 13.7 Å². The maximum atomic E-state index is 11.2. The topological polar surface area (TPSA) is 50.4 Å². The van der Waals surface area contributed by atoms with Gasteiger partial charge in [0.2, 0.25) is 0 Å². The van der Waals surface area contributed by atoms with Gasteiger partial charge in [0.25, 0.3) is 0 Å². The molecule has 2 N–H and O–H groups in total. The summed E-state index contributed by atoms with van der Waals surface area (Å²) in [5.74, 6) is 0.835. The van der Waals surface area contributed by atoms with Crippen molar-refractivity contribution >= 4 is 6.03 Å². The molecule has 0 atom stereocenters. The molecule has 0 spiro atoms. The van der Waals surface area contributed by atoms with Crippen LogP contribution in [0.1, 0.15) is 12.5 Å². The smallest absolute Gasteiger partial charge is 0.318 e. The number of hydrogen-bond acceptors (Lipinski definition) is 2. The van der Waals surface area contributed by atoms with Crippen LogP contribution in [0.5, 0.6) is 5.75 Å². The Bertz CT molecular complexity index is 385. The van der Waals surface area contributed by atoms with Crippen molar-refractivity contribution < 1.29 is 9.53 Å². The third-order valence-electron chi connectivity index (χ3n) is 2.19. The SMILES string of the molecule is C=C(C)NC(=O)NCCc1ccc(OC)cc1. The molecule has 0 aliphatic carbocycles. The van der Waals surface area contributed by atoms with Crippen LogP contribution in [0.4, 0.5) is 4.79 Å². The number of amides is 2. The predicted molar refractivity (Wildman–Crippen MR) is 68.0 cm³/mol. The molecule has 1 aromatic rings. The molecule has 92 valence electrons. The maximum Gasteiger partial charge on any atom is 0.318 e. The third-order valence-corrected chi connectivity index (χ3v) is 2.19. The Balaban J connectivity index is 2.30. The molecule has 0 saturated heterocycles. The first-order valence-electron chi connectivity index (χ1n) is 5.45. The van der Waals surface area contributed by atoms with Crippen molar-refractivity contribution in [1.29, 1.82) is 0 Å². The highest BCUT2D eigenvalue weighted by molar-refractivity contribution is 5.75. The van der Waals surface area contributed by atoms with E-state index in [-0.39, 0.29) is 6.03 Å². The van der Waals surface area contributed by atoms with Gasteiger partial charge in [-0.2, -0.15) is 0 Å². The summed E-state index contributed by atoms with van der Waals surface area (Å²) in [6.07, 6.45) is 0.785. The van der Waals surface area contributed by atoms with E-state index in [2.05, 4.69) is 17.2 Å². The summed E-state index contributed by atoms with van der Waals surface area (Å²) in [5, 5.41) is 5.33. The summed E-state index contributed by atoms with van der Waals surface area (Å²) in [4.78, 5) is 11.2. The van der Waals surface area contributed by atoms with Crippen LogP contribution >= 0.6 is 0 Å². The summed E-state index contributed by atoms with van der Waals surface area (Å²) in [6, 6.07) is 7.56. The van der Waals surface area contributed by atoms with Gasteiger partial charge in [0, 0.05) is 12.2 Å². The van der Waals surface area contributed by atoms with Crippen LogP contribution < -0.4 is 15.4 Å². The molecule has 0 bridgehead atoms. The van der Waals surface area contributed by atoms with Crippen molar-refractivity contribution in [1.82, 2.24) is 10.6 Å². The minimum Gasteiger partial charge on any atom is -0.497 e. The number of allylic oxidation sites excluding steroid dienone is 1. The van der Waals surface area contributed by atoms with E-state index in [0.717, 1.165) is 17.7 Å². The highest BCUT2D eigenvalue weighted by Crippen LogP contribution is 2.11. The van der Waals surface area contributed by atoms with Gasteiger partial charge in [-0.05, 0) is 31.0 Å². The lowest BCUT2D eigenvalue weighted by Crippen LogP contribution is -2.35. The third kappa shape index (κ3) is 5.06. The Kier molecular flexibility index (Phi) is 5.07. The second kappa shape index (κ2) is 6.58. The van der Waals surface area contributed by atoms with E-state index < -0.39 is 0 Å². The van der Waals surface area contributed by atoms with Gasteiger partial charge in [0.05, 0.1) is 7.11 Å². The van der Waals surface area contributed by atoms with Crippen molar-refractivity contribution in [2.24, 2.45) is 0 Å². The number of benzene rings is 1. The zero-order chi connectivity index (χ0) is 12.7. The zero-order valence-electron chi connectivity index (χ0n) is 10.2. The van der Waals surface area contributed by atoms with Crippen LogP contribution in [0.15, 0.2) is 36.5 Å². The van der Waals surface area contributed by atoms with Crippen LogP contribution in [-0.2, 0) is 6.42 Å². The second-order valence-electron chi connectivity index (χ2n) is 3.76. The molecule has 1 rings (SSSR count). The van der Waals surface area contributed by atoms with Crippen molar-refractivity contribution in [3.8, 4) is 5.75 Å². The Labute approximate surface area is 102 Å². The van der Waals surface area contributed by atoms with Gasteiger partial charge in [-0.3, -0.25) is 0 Å². The van der Waals surface area contributed by atoms with E-state index in [1.807, 2.05) is 24.3 Å². The van der Waals surface area contributed by atoms with Gasteiger partial charge in [0.1, 0.15) is 5.75 Å². The molecule has 0 unspecified atom stereocenters. The first-order chi connectivity index (χ1) is 8.11. The molecule has 2 amide bonds. The number of carbonyl (C=O) groups is 1. The maximum absolute atomic E-state index is 11.2. The van der Waals surface area contributed by atoms with Gasteiger partial charge >= 0.3 is 6.03 Å². The molecule has 0 fully saturated rings. The molecule has 17 heavy (non-hydrogen) atoms. The molecule has 0 radical (unpaired) electrons. The number of urea groups is 1. The van der Waals surface area contributed by atoms with Crippen LogP contribution in [0.2, 0.25) is 0 Å². The summed E-state index contributed by atoms with van der Waals surface area (Å²) in [7, 11) is 1.64. The molecule has 0 saturated carbocycles. The molecule has 4 nitrogen and oxygen atoms in total. The number of methoxy groups -OCH3 is 1. The minimum atomic E-state index is -0.217. The Morgan fingerprint density at radius 3 is 2.53 bits per heavy atom. The molecular formula is C13H18N2O2. The van der Waals surface area contributed by atoms with Crippen LogP contribution in [-0.4, -0.2) is 19.7 Å². The van der Waals surface area contributed by atoms with Gasteiger partial charge in [-0.15, -0.1) is 0 Å². The lowest BCUT2D eigenvalue weighted by atomic mass is 10.1. The molecule has 1 aromatic carbocycles.